The SMILES string of the molecule is CC(O)CC(c1c(F)ccc(F)c1F)S(=O)(=O)c1ccc(Cl)cc1. The van der Waals surface area contributed by atoms with E-state index in [0.29, 0.717) is 12.1 Å². The molecule has 1 N–H and O–H groups in total. The molecule has 2 rings (SSSR count). The van der Waals surface area contributed by atoms with Crippen molar-refractivity contribution in [1.29, 1.82) is 0 Å². The summed E-state index contributed by atoms with van der Waals surface area (Å²) in [5.74, 6) is -4.15. The van der Waals surface area contributed by atoms with E-state index in [1.165, 1.54) is 31.2 Å². The third-order valence-corrected chi connectivity index (χ3v) is 5.83. The first-order valence-corrected chi connectivity index (χ1v) is 8.88. The summed E-state index contributed by atoms with van der Waals surface area (Å²) >= 11 is 5.71. The van der Waals surface area contributed by atoms with Gasteiger partial charge in [-0.05, 0) is 49.7 Å². The maximum absolute atomic E-state index is 14.1. The summed E-state index contributed by atoms with van der Waals surface area (Å²) in [4.78, 5) is -0.236. The minimum Gasteiger partial charge on any atom is -0.393 e. The number of benzene rings is 2. The summed E-state index contributed by atoms with van der Waals surface area (Å²) in [6.07, 6.45) is -1.68. The lowest BCUT2D eigenvalue weighted by atomic mass is 10.1. The second kappa shape index (κ2) is 7.13. The summed E-state index contributed by atoms with van der Waals surface area (Å²) in [7, 11) is -4.29. The van der Waals surface area contributed by atoms with Gasteiger partial charge in [-0.3, -0.25) is 0 Å². The Hall–Kier alpha value is -1.57. The number of aliphatic hydroxyl groups excluding tert-OH is 1. The average Bonchev–Trinajstić information content (AvgIpc) is 2.50. The van der Waals surface area contributed by atoms with E-state index in [4.69, 9.17) is 11.6 Å². The molecular weight excluding hydrogens is 365 g/mol. The maximum Gasteiger partial charge on any atom is 0.185 e. The highest BCUT2D eigenvalue weighted by Crippen LogP contribution is 2.36. The fourth-order valence-electron chi connectivity index (χ4n) is 2.34. The number of aliphatic hydroxyl groups is 1. The molecule has 2 aromatic carbocycles. The van der Waals surface area contributed by atoms with Gasteiger partial charge >= 0.3 is 0 Å². The zero-order valence-electron chi connectivity index (χ0n) is 12.5. The van der Waals surface area contributed by atoms with Crippen molar-refractivity contribution in [1.82, 2.24) is 0 Å². The Balaban J connectivity index is 2.66. The third-order valence-electron chi connectivity index (χ3n) is 3.47. The molecule has 0 saturated heterocycles. The van der Waals surface area contributed by atoms with Gasteiger partial charge in [0, 0.05) is 10.6 Å². The zero-order chi connectivity index (χ0) is 18.1. The van der Waals surface area contributed by atoms with Gasteiger partial charge in [0.15, 0.2) is 21.5 Å². The van der Waals surface area contributed by atoms with Crippen LogP contribution in [0.25, 0.3) is 0 Å². The molecule has 3 nitrogen and oxygen atoms in total. The van der Waals surface area contributed by atoms with Crippen molar-refractivity contribution in [2.24, 2.45) is 0 Å². The van der Waals surface area contributed by atoms with Crippen LogP contribution in [0.3, 0.4) is 0 Å². The predicted octanol–water partition coefficient (Wildman–Crippen LogP) is 4.04. The highest BCUT2D eigenvalue weighted by Gasteiger charge is 2.35. The minimum atomic E-state index is -4.29. The van der Waals surface area contributed by atoms with Crippen LogP contribution in [-0.4, -0.2) is 19.6 Å². The van der Waals surface area contributed by atoms with Crippen molar-refractivity contribution in [3.63, 3.8) is 0 Å². The summed E-state index contributed by atoms with van der Waals surface area (Å²) in [5, 5.41) is 8.06. The molecular formula is C16H14ClF3O3S. The fourth-order valence-corrected chi connectivity index (χ4v) is 4.36. The van der Waals surface area contributed by atoms with Crippen LogP contribution in [0.15, 0.2) is 41.3 Å². The molecule has 130 valence electrons. The van der Waals surface area contributed by atoms with Crippen LogP contribution < -0.4 is 0 Å². The minimum absolute atomic E-state index is 0.236. The number of rotatable bonds is 5. The third kappa shape index (κ3) is 3.74. The van der Waals surface area contributed by atoms with Gasteiger partial charge < -0.3 is 5.11 Å². The molecule has 2 unspecified atom stereocenters. The lowest BCUT2D eigenvalue weighted by Gasteiger charge is -2.21. The monoisotopic (exact) mass is 378 g/mol. The van der Waals surface area contributed by atoms with Crippen LogP contribution in [0.2, 0.25) is 5.02 Å². The summed E-state index contributed by atoms with van der Waals surface area (Å²) in [5.41, 5.74) is -0.925. The zero-order valence-corrected chi connectivity index (χ0v) is 14.1. The Morgan fingerprint density at radius 3 is 2.12 bits per heavy atom. The molecule has 0 radical (unpaired) electrons. The molecule has 0 heterocycles. The number of sulfone groups is 1. The van der Waals surface area contributed by atoms with Gasteiger partial charge in [-0.25, -0.2) is 21.6 Å². The van der Waals surface area contributed by atoms with Gasteiger partial charge in [0.25, 0.3) is 0 Å². The van der Waals surface area contributed by atoms with E-state index < -0.39 is 50.6 Å². The highest BCUT2D eigenvalue weighted by molar-refractivity contribution is 7.91. The van der Waals surface area contributed by atoms with Crippen molar-refractivity contribution in [2.45, 2.75) is 29.6 Å². The molecule has 2 atom stereocenters. The van der Waals surface area contributed by atoms with Gasteiger partial charge in [0.2, 0.25) is 0 Å². The Kier molecular flexibility index (Phi) is 5.57. The topological polar surface area (TPSA) is 54.4 Å². The van der Waals surface area contributed by atoms with Crippen LogP contribution in [0, 0.1) is 17.5 Å². The molecule has 0 aliphatic heterocycles. The van der Waals surface area contributed by atoms with Crippen LogP contribution in [0.1, 0.15) is 24.2 Å². The first-order chi connectivity index (χ1) is 11.1. The largest absolute Gasteiger partial charge is 0.393 e. The molecule has 8 heteroatoms. The molecule has 0 aliphatic rings. The van der Waals surface area contributed by atoms with Crippen molar-refractivity contribution < 1.29 is 26.7 Å². The van der Waals surface area contributed by atoms with E-state index >= 15 is 0 Å². The molecule has 0 saturated carbocycles. The molecule has 0 aromatic heterocycles. The molecule has 2 aromatic rings. The van der Waals surface area contributed by atoms with Gasteiger partial charge in [-0.15, -0.1) is 0 Å². The van der Waals surface area contributed by atoms with Crippen molar-refractivity contribution in [3.05, 3.63) is 64.4 Å². The Labute approximate surface area is 142 Å². The summed E-state index contributed by atoms with van der Waals surface area (Å²) < 4.78 is 67.2. The van der Waals surface area contributed by atoms with Gasteiger partial charge in [0.05, 0.1) is 16.2 Å². The Morgan fingerprint density at radius 2 is 1.58 bits per heavy atom. The first kappa shape index (κ1) is 18.8. The predicted molar refractivity (Wildman–Crippen MR) is 84.0 cm³/mol. The van der Waals surface area contributed by atoms with E-state index in [0.717, 1.165) is 0 Å². The normalized spacial score (nSPS) is 14.4. The van der Waals surface area contributed by atoms with Crippen LogP contribution >= 0.6 is 11.6 Å². The van der Waals surface area contributed by atoms with E-state index in [9.17, 15) is 26.7 Å². The standard InChI is InChI=1S/C16H14ClF3O3S/c1-9(21)8-14(15-12(18)6-7-13(19)16(15)20)24(22,23)11-4-2-10(17)3-5-11/h2-7,9,14,21H,8H2,1H3. The Bertz CT molecular complexity index is 836. The van der Waals surface area contributed by atoms with E-state index in [2.05, 4.69) is 0 Å². The van der Waals surface area contributed by atoms with Crippen molar-refractivity contribution in [3.8, 4) is 0 Å². The number of hydrogen-bond acceptors (Lipinski definition) is 3. The first-order valence-electron chi connectivity index (χ1n) is 6.95. The molecule has 0 amide bonds. The molecule has 0 aliphatic carbocycles. The second-order valence-corrected chi connectivity index (χ2v) is 7.90. The van der Waals surface area contributed by atoms with Gasteiger partial charge in [-0.2, -0.15) is 0 Å². The van der Waals surface area contributed by atoms with E-state index in [1.807, 2.05) is 0 Å². The van der Waals surface area contributed by atoms with Crippen molar-refractivity contribution in [2.75, 3.05) is 0 Å². The number of halogens is 4. The fraction of sp³-hybridized carbons (Fsp3) is 0.250. The highest BCUT2D eigenvalue weighted by atomic mass is 35.5. The van der Waals surface area contributed by atoms with Gasteiger partial charge in [0.1, 0.15) is 5.82 Å². The van der Waals surface area contributed by atoms with Gasteiger partial charge in [-0.1, -0.05) is 11.6 Å². The smallest absolute Gasteiger partial charge is 0.185 e. The van der Waals surface area contributed by atoms with E-state index in [-0.39, 0.29) is 9.92 Å². The molecule has 24 heavy (non-hydrogen) atoms. The Morgan fingerprint density at radius 1 is 1.04 bits per heavy atom. The van der Waals surface area contributed by atoms with E-state index in [1.54, 1.807) is 0 Å². The van der Waals surface area contributed by atoms with Crippen LogP contribution in [0.4, 0.5) is 13.2 Å². The lowest BCUT2D eigenvalue weighted by molar-refractivity contribution is 0.181. The van der Waals surface area contributed by atoms with Crippen molar-refractivity contribution >= 4 is 21.4 Å². The summed E-state index contributed by atoms with van der Waals surface area (Å²) in [6, 6.07) is 6.21. The molecule has 0 fully saturated rings. The maximum atomic E-state index is 14.1. The van der Waals surface area contributed by atoms with Crippen LogP contribution in [-0.2, 0) is 9.84 Å². The molecule has 0 spiro atoms. The average molecular weight is 379 g/mol. The van der Waals surface area contributed by atoms with Crippen LogP contribution in [0.5, 0.6) is 0 Å². The summed E-state index contributed by atoms with van der Waals surface area (Å²) in [6.45, 7) is 1.28. The quantitative estimate of drug-likeness (QED) is 0.799. The lowest BCUT2D eigenvalue weighted by Crippen LogP contribution is -2.21. The number of hydrogen-bond donors (Lipinski definition) is 1. The molecule has 0 bridgehead atoms. The second-order valence-electron chi connectivity index (χ2n) is 5.33.